The molecule has 1 N–H and O–H groups in total. The Balaban J connectivity index is 2.72. The summed E-state index contributed by atoms with van der Waals surface area (Å²) in [5.74, 6) is 0. The van der Waals surface area contributed by atoms with E-state index in [2.05, 4.69) is 15.0 Å². The van der Waals surface area contributed by atoms with E-state index in [1.165, 1.54) is 11.8 Å². The summed E-state index contributed by atoms with van der Waals surface area (Å²) in [6.07, 6.45) is 5.00. The molecule has 2 rings (SSSR count). The number of aromatic nitrogens is 3. The second kappa shape index (κ2) is 4.80. The predicted molar refractivity (Wildman–Crippen MR) is 64.6 cm³/mol. The molecule has 0 amide bonds. The SMILES string of the molecule is CSc1nc(-c2ccncc2)c(C#N)c(=O)[nH]1. The highest BCUT2D eigenvalue weighted by molar-refractivity contribution is 7.98. The van der Waals surface area contributed by atoms with E-state index in [-0.39, 0.29) is 5.56 Å². The third-order valence-corrected chi connectivity index (χ3v) is 2.74. The first-order valence-electron chi connectivity index (χ1n) is 4.75. The molecule has 2 aromatic heterocycles. The lowest BCUT2D eigenvalue weighted by molar-refractivity contribution is 0.937. The van der Waals surface area contributed by atoms with Gasteiger partial charge < -0.3 is 4.98 Å². The van der Waals surface area contributed by atoms with Crippen molar-refractivity contribution in [1.29, 1.82) is 5.26 Å². The molecule has 0 unspecified atom stereocenters. The van der Waals surface area contributed by atoms with Crippen LogP contribution in [0.1, 0.15) is 5.56 Å². The van der Waals surface area contributed by atoms with Gasteiger partial charge in [0.1, 0.15) is 11.6 Å². The minimum absolute atomic E-state index is 0.0222. The van der Waals surface area contributed by atoms with E-state index in [1.807, 2.05) is 6.07 Å². The molecule has 0 bridgehead atoms. The van der Waals surface area contributed by atoms with Crippen LogP contribution in [0.15, 0.2) is 34.5 Å². The van der Waals surface area contributed by atoms with E-state index in [4.69, 9.17) is 5.26 Å². The van der Waals surface area contributed by atoms with Gasteiger partial charge in [0, 0.05) is 18.0 Å². The number of nitrogens with zero attached hydrogens (tertiary/aromatic N) is 3. The van der Waals surface area contributed by atoms with Crippen LogP contribution in [0.4, 0.5) is 0 Å². The first kappa shape index (κ1) is 11.4. The number of hydrogen-bond acceptors (Lipinski definition) is 5. The summed E-state index contributed by atoms with van der Waals surface area (Å²) >= 11 is 1.32. The van der Waals surface area contributed by atoms with E-state index in [9.17, 15) is 4.79 Å². The zero-order chi connectivity index (χ0) is 12.3. The Kier molecular flexibility index (Phi) is 3.21. The summed E-state index contributed by atoms with van der Waals surface area (Å²) in [6.45, 7) is 0. The number of rotatable bonds is 2. The van der Waals surface area contributed by atoms with Gasteiger partial charge >= 0.3 is 0 Å². The van der Waals surface area contributed by atoms with Crippen LogP contribution >= 0.6 is 11.8 Å². The summed E-state index contributed by atoms with van der Waals surface area (Å²) in [4.78, 5) is 22.4. The molecule has 2 heterocycles. The fourth-order valence-corrected chi connectivity index (χ4v) is 1.75. The average Bonchev–Trinajstić information content (AvgIpc) is 2.38. The van der Waals surface area contributed by atoms with Gasteiger partial charge in [-0.25, -0.2) is 4.98 Å². The highest BCUT2D eigenvalue weighted by Gasteiger charge is 2.12. The normalized spacial score (nSPS) is 9.88. The molecule has 0 saturated heterocycles. The molecule has 5 nitrogen and oxygen atoms in total. The van der Waals surface area contributed by atoms with Gasteiger partial charge in [-0.15, -0.1) is 0 Å². The highest BCUT2D eigenvalue weighted by Crippen LogP contribution is 2.19. The van der Waals surface area contributed by atoms with Crippen molar-refractivity contribution in [1.82, 2.24) is 15.0 Å². The molecule has 0 atom stereocenters. The zero-order valence-corrected chi connectivity index (χ0v) is 9.78. The fourth-order valence-electron chi connectivity index (χ4n) is 1.37. The van der Waals surface area contributed by atoms with E-state index < -0.39 is 5.56 Å². The number of H-pyrrole nitrogens is 1. The number of thioether (sulfide) groups is 1. The number of aromatic amines is 1. The van der Waals surface area contributed by atoms with Crippen LogP contribution in [-0.4, -0.2) is 21.2 Å². The Morgan fingerprint density at radius 2 is 2.12 bits per heavy atom. The van der Waals surface area contributed by atoms with Crippen molar-refractivity contribution >= 4 is 11.8 Å². The topological polar surface area (TPSA) is 82.4 Å². The summed E-state index contributed by atoms with van der Waals surface area (Å²) in [5.41, 5.74) is 0.702. The van der Waals surface area contributed by atoms with E-state index >= 15 is 0 Å². The van der Waals surface area contributed by atoms with Gasteiger partial charge in [-0.1, -0.05) is 11.8 Å². The molecule has 6 heteroatoms. The number of nitriles is 1. The molecule has 2 aromatic rings. The van der Waals surface area contributed by atoms with Gasteiger partial charge in [0.15, 0.2) is 5.16 Å². The third kappa shape index (κ3) is 2.19. The van der Waals surface area contributed by atoms with Crippen LogP contribution in [0.25, 0.3) is 11.3 Å². The second-order valence-corrected chi connectivity index (χ2v) is 3.94. The molecular weight excluding hydrogens is 236 g/mol. The van der Waals surface area contributed by atoms with Crippen molar-refractivity contribution in [3.8, 4) is 17.3 Å². The van der Waals surface area contributed by atoms with Crippen LogP contribution in [0.5, 0.6) is 0 Å². The maximum atomic E-state index is 11.7. The summed E-state index contributed by atoms with van der Waals surface area (Å²) < 4.78 is 0. The van der Waals surface area contributed by atoms with Gasteiger partial charge in [-0.05, 0) is 18.4 Å². The van der Waals surface area contributed by atoms with Gasteiger partial charge in [-0.2, -0.15) is 5.26 Å². The van der Waals surface area contributed by atoms with Crippen LogP contribution in [0.2, 0.25) is 0 Å². The Labute approximate surface area is 102 Å². The first-order chi connectivity index (χ1) is 8.26. The Morgan fingerprint density at radius 1 is 1.41 bits per heavy atom. The monoisotopic (exact) mass is 244 g/mol. The molecule has 0 aliphatic carbocycles. The van der Waals surface area contributed by atoms with E-state index in [1.54, 1.807) is 30.8 Å². The second-order valence-electron chi connectivity index (χ2n) is 3.15. The summed E-state index contributed by atoms with van der Waals surface area (Å²) in [6, 6.07) is 5.31. The lowest BCUT2D eigenvalue weighted by Gasteiger charge is -2.04. The zero-order valence-electron chi connectivity index (χ0n) is 8.97. The maximum absolute atomic E-state index is 11.7. The van der Waals surface area contributed by atoms with Crippen molar-refractivity contribution in [2.75, 3.05) is 6.26 Å². The molecular formula is C11H8N4OS. The van der Waals surface area contributed by atoms with E-state index in [0.29, 0.717) is 16.4 Å². The van der Waals surface area contributed by atoms with Gasteiger partial charge in [0.25, 0.3) is 5.56 Å². The maximum Gasteiger partial charge on any atom is 0.270 e. The van der Waals surface area contributed by atoms with Crippen LogP contribution in [0.3, 0.4) is 0 Å². The molecule has 0 aliphatic rings. The minimum Gasteiger partial charge on any atom is -0.300 e. The minimum atomic E-state index is -0.418. The van der Waals surface area contributed by atoms with Crippen molar-refractivity contribution in [2.45, 2.75) is 5.16 Å². The number of pyridine rings is 1. The predicted octanol–water partition coefficient (Wildman–Crippen LogP) is 1.43. The smallest absolute Gasteiger partial charge is 0.270 e. The summed E-state index contributed by atoms with van der Waals surface area (Å²) in [5, 5.41) is 9.48. The Bertz CT molecular complexity index is 630. The molecule has 17 heavy (non-hydrogen) atoms. The van der Waals surface area contributed by atoms with Gasteiger partial charge in [-0.3, -0.25) is 9.78 Å². The quantitative estimate of drug-likeness (QED) is 0.638. The lowest BCUT2D eigenvalue weighted by atomic mass is 10.1. The number of nitrogens with one attached hydrogen (secondary N) is 1. The molecule has 0 saturated carbocycles. The van der Waals surface area contributed by atoms with Crippen molar-refractivity contribution < 1.29 is 0 Å². The third-order valence-electron chi connectivity index (χ3n) is 2.16. The van der Waals surface area contributed by atoms with Crippen LogP contribution in [0, 0.1) is 11.3 Å². The Morgan fingerprint density at radius 3 is 2.71 bits per heavy atom. The largest absolute Gasteiger partial charge is 0.300 e. The van der Waals surface area contributed by atoms with Gasteiger partial charge in [0.2, 0.25) is 0 Å². The van der Waals surface area contributed by atoms with Crippen molar-refractivity contribution in [3.05, 3.63) is 40.4 Å². The molecule has 0 spiro atoms. The standard InChI is InChI=1S/C11H8N4OS/c1-17-11-14-9(7-2-4-13-5-3-7)8(6-12)10(16)15-11/h2-5H,1H3,(H,14,15,16). The number of hydrogen-bond donors (Lipinski definition) is 1. The van der Waals surface area contributed by atoms with Crippen LogP contribution in [-0.2, 0) is 0 Å². The summed E-state index contributed by atoms with van der Waals surface area (Å²) in [7, 11) is 0. The van der Waals surface area contributed by atoms with Crippen molar-refractivity contribution in [2.24, 2.45) is 0 Å². The van der Waals surface area contributed by atoms with E-state index in [0.717, 1.165) is 0 Å². The molecule has 0 aliphatic heterocycles. The van der Waals surface area contributed by atoms with Crippen molar-refractivity contribution in [3.63, 3.8) is 0 Å². The first-order valence-corrected chi connectivity index (χ1v) is 5.97. The average molecular weight is 244 g/mol. The lowest BCUT2D eigenvalue weighted by Crippen LogP contribution is -2.14. The molecule has 0 radical (unpaired) electrons. The Hall–Kier alpha value is -2.13. The molecule has 0 aromatic carbocycles. The fraction of sp³-hybridized carbons (Fsp3) is 0.0909. The van der Waals surface area contributed by atoms with Gasteiger partial charge in [0.05, 0.1) is 5.69 Å². The highest BCUT2D eigenvalue weighted by atomic mass is 32.2. The molecule has 0 fully saturated rings. The molecule has 84 valence electrons. The van der Waals surface area contributed by atoms with Crippen LogP contribution < -0.4 is 5.56 Å².